The molecule has 1 heterocycles. The number of hydrogen-bond donors (Lipinski definition) is 1. The molecule has 0 spiro atoms. The van der Waals surface area contributed by atoms with Gasteiger partial charge in [-0.15, -0.1) is 0 Å². The zero-order valence-corrected chi connectivity index (χ0v) is 11.1. The van der Waals surface area contributed by atoms with Crippen LogP contribution in [0.15, 0.2) is 60.9 Å². The van der Waals surface area contributed by atoms with Crippen LogP contribution in [0.5, 0.6) is 0 Å². The van der Waals surface area contributed by atoms with E-state index in [9.17, 15) is 0 Å². The smallest absolute Gasteiger partial charge is 0.0455 e. The van der Waals surface area contributed by atoms with E-state index in [0.29, 0.717) is 0 Å². The number of aromatic nitrogens is 1. The molecule has 3 heteroatoms. The summed E-state index contributed by atoms with van der Waals surface area (Å²) in [4.78, 5) is 4.11. The molecule has 3 aromatic rings. The molecule has 0 atom stereocenters. The van der Waals surface area contributed by atoms with Gasteiger partial charge in [-0.1, -0.05) is 35.9 Å². The Bertz CT molecular complexity index is 710. The van der Waals surface area contributed by atoms with Crippen molar-refractivity contribution in [3.05, 3.63) is 71.5 Å². The molecule has 0 saturated carbocycles. The summed E-state index contributed by atoms with van der Waals surface area (Å²) in [5.41, 5.74) is 2.18. The second-order valence-corrected chi connectivity index (χ2v) is 4.79. The van der Waals surface area contributed by atoms with Gasteiger partial charge in [0, 0.05) is 35.0 Å². The average molecular weight is 269 g/mol. The molecule has 1 N–H and O–H groups in total. The maximum Gasteiger partial charge on any atom is 0.0455 e. The van der Waals surface area contributed by atoms with Crippen molar-refractivity contribution in [2.24, 2.45) is 0 Å². The predicted molar refractivity (Wildman–Crippen MR) is 80.5 cm³/mol. The van der Waals surface area contributed by atoms with Crippen LogP contribution in [0.25, 0.3) is 10.8 Å². The summed E-state index contributed by atoms with van der Waals surface area (Å²) in [6, 6.07) is 16.1. The van der Waals surface area contributed by atoms with E-state index >= 15 is 0 Å². The Morgan fingerprint density at radius 2 is 1.89 bits per heavy atom. The molecule has 19 heavy (non-hydrogen) atoms. The van der Waals surface area contributed by atoms with Gasteiger partial charge in [0.2, 0.25) is 0 Å². The van der Waals surface area contributed by atoms with E-state index in [2.05, 4.69) is 28.5 Å². The Kier molecular flexibility index (Phi) is 3.34. The van der Waals surface area contributed by atoms with Gasteiger partial charge in [0.15, 0.2) is 0 Å². The van der Waals surface area contributed by atoms with Gasteiger partial charge in [-0.05, 0) is 35.2 Å². The molecule has 0 unspecified atom stereocenters. The largest absolute Gasteiger partial charge is 0.381 e. The third kappa shape index (κ3) is 2.69. The molecule has 0 aliphatic heterocycles. The molecule has 0 fully saturated rings. The van der Waals surface area contributed by atoms with Crippen LogP contribution >= 0.6 is 11.6 Å². The SMILES string of the molecule is Clc1ccccc1CNc1ccc2cnccc2c1. The number of hydrogen-bond acceptors (Lipinski definition) is 2. The lowest BCUT2D eigenvalue weighted by Gasteiger charge is -2.09. The monoisotopic (exact) mass is 268 g/mol. The molecule has 0 bridgehead atoms. The summed E-state index contributed by atoms with van der Waals surface area (Å²) in [6.07, 6.45) is 3.67. The third-order valence-electron chi connectivity index (χ3n) is 3.08. The number of fused-ring (bicyclic) bond motifs is 1. The van der Waals surface area contributed by atoms with Gasteiger partial charge in [-0.25, -0.2) is 0 Å². The van der Waals surface area contributed by atoms with Crippen LogP contribution < -0.4 is 5.32 Å². The van der Waals surface area contributed by atoms with E-state index in [4.69, 9.17) is 11.6 Å². The van der Waals surface area contributed by atoms with Gasteiger partial charge in [-0.3, -0.25) is 4.98 Å². The lowest BCUT2D eigenvalue weighted by molar-refractivity contribution is 1.15. The first-order chi connectivity index (χ1) is 9.33. The number of pyridine rings is 1. The number of halogens is 1. The molecular weight excluding hydrogens is 256 g/mol. The van der Waals surface area contributed by atoms with Gasteiger partial charge in [0.1, 0.15) is 0 Å². The van der Waals surface area contributed by atoms with E-state index in [1.807, 2.05) is 36.5 Å². The van der Waals surface area contributed by atoms with E-state index in [0.717, 1.165) is 28.2 Å². The van der Waals surface area contributed by atoms with Crippen molar-refractivity contribution in [3.63, 3.8) is 0 Å². The van der Waals surface area contributed by atoms with Crippen molar-refractivity contribution in [1.82, 2.24) is 4.98 Å². The zero-order chi connectivity index (χ0) is 13.1. The highest BCUT2D eigenvalue weighted by atomic mass is 35.5. The van der Waals surface area contributed by atoms with Crippen molar-refractivity contribution in [3.8, 4) is 0 Å². The van der Waals surface area contributed by atoms with Crippen molar-refractivity contribution in [2.75, 3.05) is 5.32 Å². The van der Waals surface area contributed by atoms with Crippen LogP contribution in [-0.2, 0) is 6.54 Å². The van der Waals surface area contributed by atoms with Gasteiger partial charge in [0.25, 0.3) is 0 Å². The summed E-state index contributed by atoms with van der Waals surface area (Å²) >= 11 is 6.14. The quantitative estimate of drug-likeness (QED) is 0.756. The minimum atomic E-state index is 0.719. The van der Waals surface area contributed by atoms with Gasteiger partial charge in [0.05, 0.1) is 0 Å². The minimum Gasteiger partial charge on any atom is -0.381 e. The maximum absolute atomic E-state index is 6.14. The summed E-state index contributed by atoms with van der Waals surface area (Å²) in [5.74, 6) is 0. The van der Waals surface area contributed by atoms with Crippen molar-refractivity contribution < 1.29 is 0 Å². The molecule has 0 aliphatic carbocycles. The van der Waals surface area contributed by atoms with Crippen LogP contribution in [0.2, 0.25) is 5.02 Å². The average Bonchev–Trinajstić information content (AvgIpc) is 2.46. The first kappa shape index (κ1) is 12.0. The Labute approximate surface area is 117 Å². The fourth-order valence-corrected chi connectivity index (χ4v) is 2.23. The van der Waals surface area contributed by atoms with Gasteiger partial charge in [-0.2, -0.15) is 0 Å². The highest BCUT2D eigenvalue weighted by Crippen LogP contribution is 2.20. The highest BCUT2D eigenvalue weighted by Gasteiger charge is 2.00. The molecule has 0 aliphatic rings. The van der Waals surface area contributed by atoms with Crippen molar-refractivity contribution in [1.29, 1.82) is 0 Å². The summed E-state index contributed by atoms with van der Waals surface area (Å²) < 4.78 is 0. The molecule has 0 saturated heterocycles. The first-order valence-corrected chi connectivity index (χ1v) is 6.52. The van der Waals surface area contributed by atoms with Crippen LogP contribution in [0.1, 0.15) is 5.56 Å². The minimum absolute atomic E-state index is 0.719. The second kappa shape index (κ2) is 5.29. The number of rotatable bonds is 3. The second-order valence-electron chi connectivity index (χ2n) is 4.38. The number of nitrogens with zero attached hydrogens (tertiary/aromatic N) is 1. The Morgan fingerprint density at radius 3 is 2.79 bits per heavy atom. The maximum atomic E-state index is 6.14. The molecule has 94 valence electrons. The fourth-order valence-electron chi connectivity index (χ4n) is 2.03. The Morgan fingerprint density at radius 1 is 1.00 bits per heavy atom. The molecule has 2 aromatic carbocycles. The molecule has 0 radical (unpaired) electrons. The van der Waals surface area contributed by atoms with Crippen molar-refractivity contribution in [2.45, 2.75) is 6.54 Å². The number of anilines is 1. The lowest BCUT2D eigenvalue weighted by Crippen LogP contribution is -1.99. The van der Waals surface area contributed by atoms with E-state index in [1.165, 1.54) is 5.39 Å². The summed E-state index contributed by atoms with van der Waals surface area (Å²) in [5, 5.41) is 6.50. The van der Waals surface area contributed by atoms with E-state index in [-0.39, 0.29) is 0 Å². The van der Waals surface area contributed by atoms with Crippen LogP contribution in [-0.4, -0.2) is 4.98 Å². The molecule has 2 nitrogen and oxygen atoms in total. The van der Waals surface area contributed by atoms with E-state index in [1.54, 1.807) is 6.20 Å². The van der Waals surface area contributed by atoms with Crippen LogP contribution in [0.3, 0.4) is 0 Å². The van der Waals surface area contributed by atoms with E-state index < -0.39 is 0 Å². The number of benzene rings is 2. The standard InChI is InChI=1S/C16H13ClN2/c17-16-4-2-1-3-14(16)11-19-15-6-5-13-10-18-8-7-12(13)9-15/h1-10,19H,11H2. The van der Waals surface area contributed by atoms with Crippen LogP contribution in [0, 0.1) is 0 Å². The molecule has 3 rings (SSSR count). The first-order valence-electron chi connectivity index (χ1n) is 6.14. The number of nitrogens with one attached hydrogen (secondary N) is 1. The van der Waals surface area contributed by atoms with Gasteiger partial charge >= 0.3 is 0 Å². The van der Waals surface area contributed by atoms with Crippen molar-refractivity contribution >= 4 is 28.1 Å². The summed E-state index contributed by atoms with van der Waals surface area (Å²) in [6.45, 7) is 0.719. The molecule has 0 amide bonds. The highest BCUT2D eigenvalue weighted by molar-refractivity contribution is 6.31. The Balaban J connectivity index is 1.80. The molecular formula is C16H13ClN2. The fraction of sp³-hybridized carbons (Fsp3) is 0.0625. The predicted octanol–water partition coefficient (Wildman–Crippen LogP) is 4.50. The summed E-state index contributed by atoms with van der Waals surface area (Å²) in [7, 11) is 0. The van der Waals surface area contributed by atoms with Gasteiger partial charge < -0.3 is 5.32 Å². The Hall–Kier alpha value is -2.06. The molecule has 1 aromatic heterocycles. The van der Waals surface area contributed by atoms with Crippen LogP contribution in [0.4, 0.5) is 5.69 Å². The topological polar surface area (TPSA) is 24.9 Å². The lowest BCUT2D eigenvalue weighted by atomic mass is 10.1. The third-order valence-corrected chi connectivity index (χ3v) is 3.45. The zero-order valence-electron chi connectivity index (χ0n) is 10.3. The normalized spacial score (nSPS) is 10.6.